The Labute approximate surface area is 226 Å². The molecule has 4 nitrogen and oxygen atoms in total. The van der Waals surface area contributed by atoms with Gasteiger partial charge >= 0.3 is 0 Å². The van der Waals surface area contributed by atoms with Crippen LogP contribution < -0.4 is 4.74 Å². The van der Waals surface area contributed by atoms with E-state index in [1.54, 1.807) is 12.1 Å². The van der Waals surface area contributed by atoms with Crippen molar-refractivity contribution in [1.82, 2.24) is 9.80 Å². The molecule has 0 atom stereocenters. The number of likely N-dealkylation sites (tertiary alicyclic amines) is 1. The molecule has 1 spiro atoms. The van der Waals surface area contributed by atoms with Crippen molar-refractivity contribution in [3.05, 3.63) is 101 Å². The van der Waals surface area contributed by atoms with Gasteiger partial charge in [0, 0.05) is 43.9 Å². The summed E-state index contributed by atoms with van der Waals surface area (Å²) in [7, 11) is 0. The zero-order valence-electron chi connectivity index (χ0n) is 22.5. The molecule has 38 heavy (non-hydrogen) atoms. The first-order chi connectivity index (χ1) is 18.5. The average Bonchev–Trinajstić information content (AvgIpc) is 2.92. The molecule has 0 aromatic heterocycles. The number of hydrogen-bond donors (Lipinski definition) is 0. The lowest BCUT2D eigenvalue weighted by molar-refractivity contribution is 0.0359. The summed E-state index contributed by atoms with van der Waals surface area (Å²) in [5.41, 5.74) is 3.98. The van der Waals surface area contributed by atoms with E-state index in [2.05, 4.69) is 23.1 Å². The fourth-order valence-corrected chi connectivity index (χ4v) is 6.14. The number of halogens is 1. The second kappa shape index (κ2) is 12.1. The number of nitrogens with zero attached hydrogens (tertiary/aromatic N) is 2. The Bertz CT molecular complexity index is 1230. The summed E-state index contributed by atoms with van der Waals surface area (Å²) in [6.45, 7) is 6.30. The van der Waals surface area contributed by atoms with Crippen molar-refractivity contribution in [3.63, 3.8) is 0 Å². The lowest BCUT2D eigenvalue weighted by Crippen LogP contribution is -2.48. The highest BCUT2D eigenvalue weighted by Gasteiger charge is 2.37. The van der Waals surface area contributed by atoms with Crippen LogP contribution in [0.2, 0.25) is 0 Å². The lowest BCUT2D eigenvalue weighted by atomic mass is 9.73. The summed E-state index contributed by atoms with van der Waals surface area (Å²) in [5, 5.41) is 0. The molecule has 2 aliphatic heterocycles. The summed E-state index contributed by atoms with van der Waals surface area (Å²) < 4.78 is 20.9. The summed E-state index contributed by atoms with van der Waals surface area (Å²) in [4.78, 5) is 17.6. The smallest absolute Gasteiger partial charge is 0.253 e. The average molecular weight is 515 g/mol. The van der Waals surface area contributed by atoms with Crippen LogP contribution in [0, 0.1) is 18.2 Å². The number of aryl methyl sites for hydroxylation is 2. The van der Waals surface area contributed by atoms with E-state index in [0.29, 0.717) is 13.2 Å². The normalized spacial score (nSPS) is 18.6. The molecule has 2 aliphatic rings. The van der Waals surface area contributed by atoms with Crippen molar-refractivity contribution in [2.75, 3.05) is 32.8 Å². The maximum atomic E-state index is 14.6. The third kappa shape index (κ3) is 6.44. The Hall–Kier alpha value is -3.18. The zero-order valence-corrected chi connectivity index (χ0v) is 22.5. The Morgan fingerprint density at radius 2 is 1.71 bits per heavy atom. The van der Waals surface area contributed by atoms with E-state index in [1.165, 1.54) is 5.56 Å². The monoisotopic (exact) mass is 514 g/mol. The predicted octanol–water partition coefficient (Wildman–Crippen LogP) is 6.66. The molecule has 0 unspecified atom stereocenters. The minimum absolute atomic E-state index is 0.105. The van der Waals surface area contributed by atoms with Crippen molar-refractivity contribution < 1.29 is 13.9 Å². The van der Waals surface area contributed by atoms with Gasteiger partial charge < -0.3 is 9.64 Å². The predicted molar refractivity (Wildman–Crippen MR) is 150 cm³/mol. The van der Waals surface area contributed by atoms with Crippen LogP contribution in [0.15, 0.2) is 72.8 Å². The van der Waals surface area contributed by atoms with Gasteiger partial charge in [-0.05, 0) is 74.3 Å². The van der Waals surface area contributed by atoms with Gasteiger partial charge in [-0.2, -0.15) is 0 Å². The van der Waals surface area contributed by atoms with Gasteiger partial charge in [0.25, 0.3) is 5.91 Å². The van der Waals surface area contributed by atoms with Crippen LogP contribution in [0.1, 0.15) is 59.2 Å². The molecular formula is C33H39FN2O2. The van der Waals surface area contributed by atoms with Crippen molar-refractivity contribution in [2.24, 2.45) is 5.41 Å². The quantitative estimate of drug-likeness (QED) is 0.392. The summed E-state index contributed by atoms with van der Waals surface area (Å²) in [5.74, 6) is 0.944. The van der Waals surface area contributed by atoms with Crippen molar-refractivity contribution in [3.8, 4) is 5.75 Å². The van der Waals surface area contributed by atoms with Gasteiger partial charge in [0.05, 0.1) is 0 Å². The number of hydrogen-bond acceptors (Lipinski definition) is 3. The third-order valence-corrected chi connectivity index (χ3v) is 8.33. The minimum atomic E-state index is -0.155. The highest BCUT2D eigenvalue weighted by molar-refractivity contribution is 5.94. The molecule has 0 N–H and O–H groups in total. The molecule has 3 aromatic rings. The highest BCUT2D eigenvalue weighted by Crippen LogP contribution is 2.39. The van der Waals surface area contributed by atoms with E-state index >= 15 is 0 Å². The van der Waals surface area contributed by atoms with Crippen LogP contribution >= 0.6 is 0 Å². The highest BCUT2D eigenvalue weighted by atomic mass is 19.1. The van der Waals surface area contributed by atoms with E-state index in [9.17, 15) is 9.18 Å². The fourth-order valence-electron chi connectivity index (χ4n) is 6.14. The first-order valence-electron chi connectivity index (χ1n) is 14.0. The van der Waals surface area contributed by atoms with Crippen LogP contribution in [0.25, 0.3) is 0 Å². The van der Waals surface area contributed by atoms with Crippen molar-refractivity contribution in [1.29, 1.82) is 0 Å². The molecule has 1 fully saturated rings. The standard InChI is InChI=1S/C33H39FN2O2/c1-26-9-8-13-28(23-26)32(37)36-19-17-33(18-20-36)16-7-6-11-27-10-3-5-15-31(27)38-22-21-35(25-33)24-29-12-2-4-14-30(29)34/h2-5,8-10,12-15,23H,6-7,11,16-22,24-25H2,1H3. The van der Waals surface area contributed by atoms with Gasteiger partial charge in [0.1, 0.15) is 18.2 Å². The van der Waals surface area contributed by atoms with Gasteiger partial charge in [0.15, 0.2) is 0 Å². The maximum absolute atomic E-state index is 14.6. The van der Waals surface area contributed by atoms with Gasteiger partial charge in [0.2, 0.25) is 0 Å². The molecular weight excluding hydrogens is 475 g/mol. The number of benzene rings is 3. The lowest BCUT2D eigenvalue weighted by Gasteiger charge is -2.45. The Morgan fingerprint density at radius 1 is 0.921 bits per heavy atom. The molecule has 5 heteroatoms. The molecule has 1 saturated heterocycles. The SMILES string of the molecule is Cc1cccc(C(=O)N2CCC3(CCCCc4ccccc4OCCN(Cc4ccccc4F)C3)CC2)c1. The van der Waals surface area contributed by atoms with Gasteiger partial charge in [-0.1, -0.05) is 60.5 Å². The van der Waals surface area contributed by atoms with E-state index in [-0.39, 0.29) is 17.1 Å². The van der Waals surface area contributed by atoms with Crippen LogP contribution in [0.5, 0.6) is 5.75 Å². The number of piperidine rings is 1. The van der Waals surface area contributed by atoms with Gasteiger partial charge in [-0.25, -0.2) is 4.39 Å². The number of rotatable bonds is 3. The summed E-state index contributed by atoms with van der Waals surface area (Å²) in [6, 6.07) is 23.3. The molecule has 2 heterocycles. The van der Waals surface area contributed by atoms with Crippen LogP contribution in [-0.4, -0.2) is 48.5 Å². The molecule has 0 bridgehead atoms. The number of ether oxygens (including phenoxy) is 1. The molecule has 0 saturated carbocycles. The van der Waals surface area contributed by atoms with Crippen molar-refractivity contribution >= 4 is 5.91 Å². The first-order valence-corrected chi connectivity index (χ1v) is 14.0. The van der Waals surface area contributed by atoms with Gasteiger partial charge in [-0.15, -0.1) is 0 Å². The second-order valence-electron chi connectivity index (χ2n) is 11.1. The van der Waals surface area contributed by atoms with E-state index in [4.69, 9.17) is 4.74 Å². The largest absolute Gasteiger partial charge is 0.492 e. The van der Waals surface area contributed by atoms with Crippen LogP contribution in [-0.2, 0) is 13.0 Å². The second-order valence-corrected chi connectivity index (χ2v) is 11.1. The third-order valence-electron chi connectivity index (χ3n) is 8.33. The summed E-state index contributed by atoms with van der Waals surface area (Å²) >= 11 is 0. The minimum Gasteiger partial charge on any atom is -0.492 e. The number of para-hydroxylation sites is 1. The van der Waals surface area contributed by atoms with E-state index < -0.39 is 0 Å². The van der Waals surface area contributed by atoms with E-state index in [0.717, 1.165) is 87.1 Å². The van der Waals surface area contributed by atoms with E-state index in [1.807, 2.05) is 54.3 Å². The molecule has 200 valence electrons. The number of carbonyl (C=O) groups is 1. The topological polar surface area (TPSA) is 32.8 Å². The summed E-state index contributed by atoms with van der Waals surface area (Å²) in [6.07, 6.45) is 6.32. The Balaban J connectivity index is 1.34. The molecule has 0 radical (unpaired) electrons. The Kier molecular flexibility index (Phi) is 8.43. The van der Waals surface area contributed by atoms with Crippen LogP contribution in [0.4, 0.5) is 4.39 Å². The molecule has 1 amide bonds. The number of carbonyl (C=O) groups excluding carboxylic acids is 1. The molecule has 5 rings (SSSR count). The molecule has 0 aliphatic carbocycles. The Morgan fingerprint density at radius 3 is 2.53 bits per heavy atom. The van der Waals surface area contributed by atoms with Crippen LogP contribution in [0.3, 0.4) is 0 Å². The number of amides is 1. The zero-order chi connectivity index (χ0) is 26.4. The van der Waals surface area contributed by atoms with Gasteiger partial charge in [-0.3, -0.25) is 9.69 Å². The number of fused-ring (bicyclic) bond motifs is 1. The molecule has 3 aromatic carbocycles. The van der Waals surface area contributed by atoms with Crippen molar-refractivity contribution in [2.45, 2.75) is 52.0 Å². The first kappa shape index (κ1) is 26.4. The maximum Gasteiger partial charge on any atom is 0.253 e. The fraction of sp³-hybridized carbons (Fsp3) is 0.424.